The number of carbonyl (C=O) groups excluding carboxylic acids is 1. The average molecular weight is 711 g/mol. The number of nitrogens with zero attached hydrogens (tertiary/aromatic N) is 9. The van der Waals surface area contributed by atoms with Crippen molar-refractivity contribution in [1.82, 2.24) is 39.2 Å². The van der Waals surface area contributed by atoms with Crippen LogP contribution in [-0.2, 0) is 16.1 Å². The van der Waals surface area contributed by atoms with Crippen LogP contribution in [0.15, 0.2) is 55.0 Å². The second-order valence-corrected chi connectivity index (χ2v) is 13.3. The summed E-state index contributed by atoms with van der Waals surface area (Å²) in [5, 5.41) is 8.41. The second kappa shape index (κ2) is 12.5. The van der Waals surface area contributed by atoms with E-state index in [2.05, 4.69) is 25.4 Å². The largest absolute Gasteiger partial charge is 0.494 e. The Bertz CT molecular complexity index is 2380. The van der Waals surface area contributed by atoms with Crippen molar-refractivity contribution in [2.45, 2.75) is 44.5 Å². The zero-order chi connectivity index (χ0) is 35.7. The number of ether oxygens (including phenoxy) is 2. The van der Waals surface area contributed by atoms with Gasteiger partial charge in [-0.1, -0.05) is 6.07 Å². The number of nitrogens with one attached hydrogen (secondary N) is 1. The van der Waals surface area contributed by atoms with Crippen molar-refractivity contribution in [3.63, 3.8) is 0 Å². The van der Waals surface area contributed by atoms with Gasteiger partial charge in [0, 0.05) is 56.0 Å². The summed E-state index contributed by atoms with van der Waals surface area (Å²) in [6.07, 6.45) is 3.55. The van der Waals surface area contributed by atoms with E-state index in [0.717, 1.165) is 17.6 Å². The monoisotopic (exact) mass is 710 g/mol. The molecule has 2 fully saturated rings. The molecule has 6 aromatic rings. The Morgan fingerprint density at radius 2 is 1.88 bits per heavy atom. The van der Waals surface area contributed by atoms with Crippen LogP contribution in [-0.4, -0.2) is 96.6 Å². The lowest BCUT2D eigenvalue weighted by atomic mass is 10.1. The van der Waals surface area contributed by atoms with E-state index in [4.69, 9.17) is 14.5 Å². The smallest absolute Gasteiger partial charge is 0.245 e. The fourth-order valence-corrected chi connectivity index (χ4v) is 7.80. The van der Waals surface area contributed by atoms with E-state index in [0.29, 0.717) is 85.2 Å². The third kappa shape index (κ3) is 5.36. The maximum absolute atomic E-state index is 15.2. The molecule has 13 nitrogen and oxygen atoms in total. The fourth-order valence-electron chi connectivity index (χ4n) is 7.80. The van der Waals surface area contributed by atoms with Crippen molar-refractivity contribution in [2.75, 3.05) is 43.6 Å². The molecule has 0 radical (unpaired) electrons. The molecule has 0 spiro atoms. The third-order valence-corrected chi connectivity index (χ3v) is 10.1. The highest BCUT2D eigenvalue weighted by Gasteiger charge is 2.42. The molecule has 7 heterocycles. The number of pyridine rings is 1. The van der Waals surface area contributed by atoms with Crippen LogP contribution in [0.25, 0.3) is 39.0 Å². The van der Waals surface area contributed by atoms with Crippen LogP contribution < -0.4 is 15.0 Å². The van der Waals surface area contributed by atoms with Gasteiger partial charge in [-0.25, -0.2) is 37.8 Å². The highest BCUT2D eigenvalue weighted by Crippen LogP contribution is 2.36. The minimum absolute atomic E-state index is 0.0565. The number of halogens is 3. The number of methoxy groups -OCH3 is 1. The van der Waals surface area contributed by atoms with Gasteiger partial charge >= 0.3 is 0 Å². The number of benzene rings is 2. The molecule has 52 heavy (non-hydrogen) atoms. The van der Waals surface area contributed by atoms with Crippen LogP contribution in [0.2, 0.25) is 0 Å². The first kappa shape index (κ1) is 32.2. The standard InChI is InChI=1S/C36H33F3N10O3/c1-19-43-28-11-20(37)9-24-27-5-3-6-31(45-27)44-22-13-29(36(50)46-7-4-8-52-23(16-46)17-47(19)32(24)28)48(15-22)34-25-14-42-49(35(25)41-18-40-34)33-26(39)10-21(38)12-30(33)51-2/h3,5-6,9-12,14,18,22-23,29H,4,7-8,13,15-17H2,1-2H3,(H,44,45)/t22?,23-,29-/m0/s1. The molecule has 2 aromatic carbocycles. The minimum atomic E-state index is -0.877. The zero-order valence-electron chi connectivity index (χ0n) is 28.3. The first-order valence-electron chi connectivity index (χ1n) is 17.0. The maximum atomic E-state index is 15.2. The highest BCUT2D eigenvalue weighted by molar-refractivity contribution is 5.94. The van der Waals surface area contributed by atoms with Gasteiger partial charge in [-0.2, -0.15) is 5.10 Å². The number of carbonyl (C=O) groups is 1. The molecule has 0 saturated carbocycles. The number of imidazole rings is 1. The first-order valence-corrected chi connectivity index (χ1v) is 17.0. The van der Waals surface area contributed by atoms with Gasteiger partial charge in [-0.3, -0.25) is 4.79 Å². The average Bonchev–Trinajstić information content (AvgIpc) is 3.77. The predicted octanol–water partition coefficient (Wildman–Crippen LogP) is 4.65. The molecular formula is C36H33F3N10O3. The molecular weight excluding hydrogens is 677 g/mol. The molecule has 4 aromatic heterocycles. The molecule has 0 aliphatic carbocycles. The summed E-state index contributed by atoms with van der Waals surface area (Å²) in [4.78, 5) is 37.1. The summed E-state index contributed by atoms with van der Waals surface area (Å²) in [6.45, 7) is 3.94. The minimum Gasteiger partial charge on any atom is -0.494 e. The number of aryl methyl sites for hydroxylation is 1. The lowest BCUT2D eigenvalue weighted by Gasteiger charge is -2.31. The molecule has 3 aliphatic rings. The third-order valence-electron chi connectivity index (χ3n) is 10.1. The number of hydrogen-bond donors (Lipinski definition) is 1. The summed E-state index contributed by atoms with van der Waals surface area (Å²) in [6, 6.07) is 9.38. The Labute approximate surface area is 295 Å². The fraction of sp³-hybridized carbons (Fsp3) is 0.333. The van der Waals surface area contributed by atoms with E-state index in [1.807, 2.05) is 39.5 Å². The second-order valence-electron chi connectivity index (χ2n) is 13.3. The summed E-state index contributed by atoms with van der Waals surface area (Å²) in [5.74, 6) is -0.534. The number of aromatic nitrogens is 7. The quantitative estimate of drug-likeness (QED) is 0.277. The molecule has 2 saturated heterocycles. The Hall–Kier alpha value is -5.77. The van der Waals surface area contributed by atoms with Crippen molar-refractivity contribution in [3.05, 3.63) is 78.3 Å². The van der Waals surface area contributed by atoms with E-state index in [-0.39, 0.29) is 35.1 Å². The molecule has 6 bridgehead atoms. The van der Waals surface area contributed by atoms with Gasteiger partial charge in [0.15, 0.2) is 17.2 Å². The van der Waals surface area contributed by atoms with Gasteiger partial charge in [0.05, 0.1) is 48.1 Å². The molecule has 9 rings (SSSR count). The number of amides is 1. The van der Waals surface area contributed by atoms with Gasteiger partial charge in [0.25, 0.3) is 0 Å². The van der Waals surface area contributed by atoms with Gasteiger partial charge in [0.1, 0.15) is 47.2 Å². The van der Waals surface area contributed by atoms with Gasteiger partial charge in [0.2, 0.25) is 5.91 Å². The van der Waals surface area contributed by atoms with Crippen molar-refractivity contribution in [1.29, 1.82) is 0 Å². The predicted molar refractivity (Wildman–Crippen MR) is 185 cm³/mol. The summed E-state index contributed by atoms with van der Waals surface area (Å²) < 4.78 is 59.2. The SMILES string of the molecule is COc1cc(F)cc(F)c1-n1ncc2c(N3CC4C[C@H]3C(=O)N3CCCO[C@@H](C3)Cn3c(C)nc5cc(F)cc(c53)-c3cccc(n3)N4)ncnc21. The van der Waals surface area contributed by atoms with Crippen LogP contribution in [0.1, 0.15) is 18.7 Å². The summed E-state index contributed by atoms with van der Waals surface area (Å²) in [5.41, 5.74) is 2.61. The van der Waals surface area contributed by atoms with E-state index in [1.165, 1.54) is 36.4 Å². The highest BCUT2D eigenvalue weighted by atomic mass is 19.1. The van der Waals surface area contributed by atoms with Crippen molar-refractivity contribution in [3.8, 4) is 22.7 Å². The van der Waals surface area contributed by atoms with Crippen LogP contribution in [0.5, 0.6) is 5.75 Å². The molecule has 266 valence electrons. The molecule has 3 aliphatic heterocycles. The van der Waals surface area contributed by atoms with Crippen LogP contribution in [0.3, 0.4) is 0 Å². The molecule has 1 N–H and O–H groups in total. The Balaban J connectivity index is 1.16. The maximum Gasteiger partial charge on any atom is 0.245 e. The van der Waals surface area contributed by atoms with E-state index >= 15 is 8.78 Å². The number of rotatable bonds is 3. The normalized spacial score (nSPS) is 20.5. The summed E-state index contributed by atoms with van der Waals surface area (Å²) in [7, 11) is 1.32. The van der Waals surface area contributed by atoms with Crippen molar-refractivity contribution in [2.24, 2.45) is 0 Å². The van der Waals surface area contributed by atoms with E-state index in [9.17, 15) is 9.18 Å². The first-order chi connectivity index (χ1) is 25.2. The Kier molecular flexibility index (Phi) is 7.71. The van der Waals surface area contributed by atoms with Crippen LogP contribution in [0.4, 0.5) is 24.8 Å². The zero-order valence-corrected chi connectivity index (χ0v) is 28.3. The Morgan fingerprint density at radius 3 is 2.75 bits per heavy atom. The van der Waals surface area contributed by atoms with Gasteiger partial charge in [-0.15, -0.1) is 0 Å². The molecule has 3 atom stereocenters. The van der Waals surface area contributed by atoms with Gasteiger partial charge in [-0.05, 0) is 38.0 Å². The lowest BCUT2D eigenvalue weighted by molar-refractivity contribution is -0.133. The topological polar surface area (TPSA) is 128 Å². The van der Waals surface area contributed by atoms with Crippen LogP contribution >= 0.6 is 0 Å². The lowest BCUT2D eigenvalue weighted by Crippen LogP contribution is -2.48. The number of fused-ring (bicyclic) bond motifs is 8. The van der Waals surface area contributed by atoms with Crippen LogP contribution in [0, 0.1) is 24.4 Å². The van der Waals surface area contributed by atoms with E-state index in [1.54, 1.807) is 0 Å². The molecule has 1 unspecified atom stereocenters. The number of anilines is 2. The van der Waals surface area contributed by atoms with Crippen molar-refractivity contribution >= 4 is 39.6 Å². The van der Waals surface area contributed by atoms with E-state index < -0.39 is 23.5 Å². The van der Waals surface area contributed by atoms with Gasteiger partial charge < -0.3 is 29.2 Å². The summed E-state index contributed by atoms with van der Waals surface area (Å²) >= 11 is 0. The van der Waals surface area contributed by atoms with Crippen molar-refractivity contribution < 1.29 is 27.4 Å². The molecule has 1 amide bonds. The molecule has 16 heteroatoms. The Morgan fingerprint density at radius 1 is 1.02 bits per heavy atom. The number of hydrogen-bond acceptors (Lipinski definition) is 10.